The summed E-state index contributed by atoms with van der Waals surface area (Å²) in [7, 11) is 0. The van der Waals surface area contributed by atoms with Crippen molar-refractivity contribution in [3.8, 4) is 0 Å². The molecule has 0 aromatic heterocycles. The lowest BCUT2D eigenvalue weighted by Gasteiger charge is -2.29. The zero-order chi connectivity index (χ0) is 21.3. The van der Waals surface area contributed by atoms with Crippen LogP contribution in [0.15, 0.2) is 59.1 Å². The first-order chi connectivity index (χ1) is 14.5. The topological polar surface area (TPSA) is 49.4 Å². The summed E-state index contributed by atoms with van der Waals surface area (Å²) in [6.45, 7) is 2.28. The molecule has 2 amide bonds. The molecule has 160 valence electrons. The second-order valence-corrected chi connectivity index (χ2v) is 9.69. The fourth-order valence-electron chi connectivity index (χ4n) is 3.67. The first-order valence-corrected chi connectivity index (χ1v) is 12.4. The third kappa shape index (κ3) is 6.88. The van der Waals surface area contributed by atoms with Crippen LogP contribution in [0, 0.1) is 0 Å². The minimum absolute atomic E-state index is 0.00460. The Balaban J connectivity index is 1.62. The molecule has 0 bridgehead atoms. The monoisotopic (exact) mass is 488 g/mol. The maximum atomic E-state index is 13.1. The van der Waals surface area contributed by atoms with E-state index in [-0.39, 0.29) is 17.9 Å². The lowest BCUT2D eigenvalue weighted by atomic mass is 10.1. The Morgan fingerprint density at radius 3 is 2.40 bits per heavy atom. The van der Waals surface area contributed by atoms with E-state index in [9.17, 15) is 9.59 Å². The van der Waals surface area contributed by atoms with E-state index in [1.54, 1.807) is 16.7 Å². The molecule has 30 heavy (non-hydrogen) atoms. The maximum Gasteiger partial charge on any atom is 0.242 e. The highest BCUT2D eigenvalue weighted by Gasteiger charge is 2.28. The third-order valence-corrected chi connectivity index (χ3v) is 6.99. The molecular formula is C24H29BrN2O2S. The highest BCUT2D eigenvalue weighted by atomic mass is 79.9. The number of benzene rings is 2. The number of rotatable bonds is 9. The Morgan fingerprint density at radius 1 is 1.07 bits per heavy atom. The molecule has 1 N–H and O–H groups in total. The Kier molecular flexibility index (Phi) is 8.82. The molecule has 4 nitrogen and oxygen atoms in total. The second-order valence-electron chi connectivity index (χ2n) is 7.79. The van der Waals surface area contributed by atoms with E-state index in [2.05, 4.69) is 33.4 Å². The van der Waals surface area contributed by atoms with E-state index in [0.717, 1.165) is 28.6 Å². The molecule has 3 rings (SSSR count). The molecule has 2 aromatic rings. The second kappa shape index (κ2) is 11.6. The summed E-state index contributed by atoms with van der Waals surface area (Å²) in [6.07, 6.45) is 4.40. The molecule has 0 aliphatic heterocycles. The molecule has 6 heteroatoms. The van der Waals surface area contributed by atoms with Crippen molar-refractivity contribution >= 4 is 39.5 Å². The zero-order valence-electron chi connectivity index (χ0n) is 17.4. The van der Waals surface area contributed by atoms with Gasteiger partial charge in [0.1, 0.15) is 6.04 Å². The van der Waals surface area contributed by atoms with Gasteiger partial charge in [-0.05, 0) is 43.0 Å². The Labute approximate surface area is 191 Å². The van der Waals surface area contributed by atoms with Gasteiger partial charge >= 0.3 is 0 Å². The number of nitrogens with one attached hydrogen (secondary N) is 1. The smallest absolute Gasteiger partial charge is 0.242 e. The van der Waals surface area contributed by atoms with Gasteiger partial charge in [-0.15, -0.1) is 11.8 Å². The Bertz CT molecular complexity index is 823. The van der Waals surface area contributed by atoms with Crippen LogP contribution in [0.25, 0.3) is 0 Å². The van der Waals surface area contributed by atoms with Crippen LogP contribution in [0.2, 0.25) is 0 Å². The number of thioether (sulfide) groups is 1. The van der Waals surface area contributed by atoms with Crippen LogP contribution < -0.4 is 5.32 Å². The normalized spacial score (nSPS) is 15.0. The summed E-state index contributed by atoms with van der Waals surface area (Å²) < 4.78 is 1.04. The van der Waals surface area contributed by atoms with Crippen LogP contribution in [0.5, 0.6) is 0 Å². The average Bonchev–Trinajstić information content (AvgIpc) is 3.26. The fourth-order valence-corrected chi connectivity index (χ4v) is 4.81. The number of hydrogen-bond acceptors (Lipinski definition) is 3. The van der Waals surface area contributed by atoms with Crippen molar-refractivity contribution in [3.05, 3.63) is 70.2 Å². The summed E-state index contributed by atoms with van der Waals surface area (Å²) in [5.41, 5.74) is 2.21. The first kappa shape index (κ1) is 22.9. The van der Waals surface area contributed by atoms with Crippen LogP contribution in [0.3, 0.4) is 0 Å². The van der Waals surface area contributed by atoms with Gasteiger partial charge in [0.2, 0.25) is 11.8 Å². The van der Waals surface area contributed by atoms with Crippen molar-refractivity contribution in [3.63, 3.8) is 0 Å². The molecule has 1 aliphatic rings. The van der Waals surface area contributed by atoms with E-state index in [1.807, 2.05) is 49.4 Å². The third-order valence-electron chi connectivity index (χ3n) is 5.47. The lowest BCUT2D eigenvalue weighted by Crippen LogP contribution is -2.50. The predicted octanol–water partition coefficient (Wildman–Crippen LogP) is 5.16. The quantitative estimate of drug-likeness (QED) is 0.530. The van der Waals surface area contributed by atoms with Gasteiger partial charge in [0.05, 0.1) is 5.75 Å². The number of hydrogen-bond donors (Lipinski definition) is 1. The molecule has 1 aliphatic carbocycles. The minimum atomic E-state index is -0.494. The summed E-state index contributed by atoms with van der Waals surface area (Å²) >= 11 is 5.03. The molecule has 2 aromatic carbocycles. The molecule has 0 radical (unpaired) electrons. The number of carbonyl (C=O) groups is 2. The van der Waals surface area contributed by atoms with Gasteiger partial charge in [-0.25, -0.2) is 0 Å². The van der Waals surface area contributed by atoms with Gasteiger partial charge < -0.3 is 10.2 Å². The molecule has 0 saturated heterocycles. The Hall–Kier alpha value is -1.79. The molecule has 1 unspecified atom stereocenters. The van der Waals surface area contributed by atoms with Gasteiger partial charge in [0, 0.05) is 22.8 Å². The van der Waals surface area contributed by atoms with Crippen LogP contribution in [-0.2, 0) is 21.9 Å². The molecule has 1 fully saturated rings. The van der Waals surface area contributed by atoms with Crippen molar-refractivity contribution in [1.82, 2.24) is 10.2 Å². The zero-order valence-corrected chi connectivity index (χ0v) is 19.8. The number of nitrogens with zero attached hydrogens (tertiary/aromatic N) is 1. The largest absolute Gasteiger partial charge is 0.352 e. The van der Waals surface area contributed by atoms with Crippen molar-refractivity contribution in [2.24, 2.45) is 0 Å². The van der Waals surface area contributed by atoms with Gasteiger partial charge in [-0.2, -0.15) is 0 Å². The van der Waals surface area contributed by atoms with Crippen molar-refractivity contribution < 1.29 is 9.59 Å². The van der Waals surface area contributed by atoms with Crippen LogP contribution in [0.4, 0.5) is 0 Å². The summed E-state index contributed by atoms with van der Waals surface area (Å²) in [5, 5.41) is 3.14. The molecular weight excluding hydrogens is 460 g/mol. The first-order valence-electron chi connectivity index (χ1n) is 10.5. The molecule has 1 atom stereocenters. The van der Waals surface area contributed by atoms with E-state index in [1.165, 1.54) is 18.4 Å². The number of carbonyl (C=O) groups excluding carboxylic acids is 2. The van der Waals surface area contributed by atoms with E-state index < -0.39 is 6.04 Å². The summed E-state index contributed by atoms with van der Waals surface area (Å²) in [5.74, 6) is 1.06. The van der Waals surface area contributed by atoms with E-state index in [4.69, 9.17) is 0 Å². The van der Waals surface area contributed by atoms with Crippen molar-refractivity contribution in [1.29, 1.82) is 0 Å². The van der Waals surface area contributed by atoms with Gasteiger partial charge in [-0.1, -0.05) is 71.2 Å². The van der Waals surface area contributed by atoms with Gasteiger partial charge in [-0.3, -0.25) is 9.59 Å². The number of amides is 2. The molecule has 0 heterocycles. The summed E-state index contributed by atoms with van der Waals surface area (Å²) in [4.78, 5) is 27.7. The SMILES string of the molecule is CC(C(=O)NC1CCCC1)N(Cc1ccccc1)C(=O)CSCc1ccc(Br)cc1. The average molecular weight is 489 g/mol. The molecule has 1 saturated carbocycles. The predicted molar refractivity (Wildman–Crippen MR) is 127 cm³/mol. The minimum Gasteiger partial charge on any atom is -0.352 e. The fraction of sp³-hybridized carbons (Fsp3) is 0.417. The lowest BCUT2D eigenvalue weighted by molar-refractivity contribution is -0.138. The Morgan fingerprint density at radius 2 is 1.73 bits per heavy atom. The van der Waals surface area contributed by atoms with Crippen LogP contribution in [0.1, 0.15) is 43.7 Å². The van der Waals surface area contributed by atoms with Crippen LogP contribution in [-0.4, -0.2) is 34.6 Å². The van der Waals surface area contributed by atoms with Crippen LogP contribution >= 0.6 is 27.7 Å². The highest BCUT2D eigenvalue weighted by molar-refractivity contribution is 9.10. The van der Waals surface area contributed by atoms with E-state index >= 15 is 0 Å². The number of halogens is 1. The molecule has 0 spiro atoms. The van der Waals surface area contributed by atoms with Crippen molar-refractivity contribution in [2.75, 3.05) is 5.75 Å². The standard InChI is InChI=1S/C24H29BrN2O2S/c1-18(24(29)26-22-9-5-6-10-22)27(15-19-7-3-2-4-8-19)23(28)17-30-16-20-11-13-21(25)14-12-20/h2-4,7-8,11-14,18,22H,5-6,9-10,15-17H2,1H3,(H,26,29). The summed E-state index contributed by atoms with van der Waals surface area (Å²) in [6, 6.07) is 17.8. The highest BCUT2D eigenvalue weighted by Crippen LogP contribution is 2.20. The van der Waals surface area contributed by atoms with Gasteiger partial charge in [0.15, 0.2) is 0 Å². The van der Waals surface area contributed by atoms with Crippen molar-refractivity contribution in [2.45, 2.75) is 57.0 Å². The maximum absolute atomic E-state index is 13.1. The van der Waals surface area contributed by atoms with E-state index in [0.29, 0.717) is 12.3 Å². The van der Waals surface area contributed by atoms with Gasteiger partial charge in [0.25, 0.3) is 0 Å².